The third-order valence-electron chi connectivity index (χ3n) is 2.98. The van der Waals surface area contributed by atoms with Crippen LogP contribution in [-0.2, 0) is 0 Å². The zero-order valence-electron chi connectivity index (χ0n) is 9.29. The molecule has 6 heteroatoms. The van der Waals surface area contributed by atoms with Crippen LogP contribution in [0.25, 0.3) is 10.8 Å². The molecule has 0 amide bonds. The van der Waals surface area contributed by atoms with Crippen molar-refractivity contribution in [3.63, 3.8) is 0 Å². The van der Waals surface area contributed by atoms with Crippen molar-refractivity contribution >= 4 is 29.6 Å². The molecule has 0 aliphatic carbocycles. The smallest absolute Gasteiger partial charge is 0.454 e. The van der Waals surface area contributed by atoms with E-state index in [9.17, 15) is 14.8 Å². The van der Waals surface area contributed by atoms with Gasteiger partial charge in [0, 0.05) is 5.56 Å². The lowest BCUT2D eigenvalue weighted by Crippen LogP contribution is -2.33. The number of carbonyl (C=O) groups excluding carboxylic acids is 1. The summed E-state index contributed by atoms with van der Waals surface area (Å²) in [6, 6.07) is 6.66. The summed E-state index contributed by atoms with van der Waals surface area (Å²) in [6.07, 6.45) is 0.610. The second-order valence-electron chi connectivity index (χ2n) is 3.99. The average Bonchev–Trinajstić information content (AvgIpc) is 2.81. The fourth-order valence-electron chi connectivity index (χ4n) is 2.11. The molecule has 2 aromatic rings. The number of carbonyl (C=O) groups is 1. The topological polar surface area (TPSA) is 76.0 Å². The summed E-state index contributed by atoms with van der Waals surface area (Å²) in [5.41, 5.74) is 0.428. The maximum atomic E-state index is 11.2. The average molecular weight is 244 g/mol. The molecule has 1 heterocycles. The summed E-state index contributed by atoms with van der Waals surface area (Å²) < 4.78 is 10.5. The molecule has 0 fully saturated rings. The Morgan fingerprint density at radius 2 is 1.89 bits per heavy atom. The summed E-state index contributed by atoms with van der Waals surface area (Å²) in [4.78, 5) is 11.2. The van der Waals surface area contributed by atoms with Crippen molar-refractivity contribution in [2.24, 2.45) is 0 Å². The predicted octanol–water partition coefficient (Wildman–Crippen LogP) is 0.0608. The fraction of sp³-hybridized carbons (Fsp3) is 0.0833. The van der Waals surface area contributed by atoms with Gasteiger partial charge in [-0.2, -0.15) is 0 Å². The highest BCUT2D eigenvalue weighted by molar-refractivity contribution is 6.60. The molecule has 5 nitrogen and oxygen atoms in total. The highest BCUT2D eigenvalue weighted by Crippen LogP contribution is 2.36. The number of benzene rings is 2. The largest absolute Gasteiger partial charge is 0.489 e. The molecule has 0 radical (unpaired) electrons. The second kappa shape index (κ2) is 4.01. The molecule has 0 saturated carbocycles. The molecule has 0 aromatic heterocycles. The molecule has 0 unspecified atom stereocenters. The molecule has 0 spiro atoms. The van der Waals surface area contributed by atoms with Crippen molar-refractivity contribution in [1.82, 2.24) is 0 Å². The van der Waals surface area contributed by atoms with Gasteiger partial charge in [-0.05, 0) is 28.4 Å². The number of rotatable bonds is 2. The van der Waals surface area contributed by atoms with E-state index < -0.39 is 7.12 Å². The van der Waals surface area contributed by atoms with Crippen LogP contribution >= 0.6 is 0 Å². The van der Waals surface area contributed by atoms with E-state index in [2.05, 4.69) is 0 Å². The normalized spacial score (nSPS) is 12.8. The van der Waals surface area contributed by atoms with Crippen LogP contribution in [0.1, 0.15) is 10.4 Å². The van der Waals surface area contributed by atoms with E-state index in [1.54, 1.807) is 18.2 Å². The van der Waals surface area contributed by atoms with Crippen molar-refractivity contribution in [3.8, 4) is 11.5 Å². The molecule has 90 valence electrons. The van der Waals surface area contributed by atoms with Gasteiger partial charge in [0.2, 0.25) is 6.79 Å². The standard InChI is InChI=1S/C12H9BO5/c14-5-9-8-4-12-11(17-6-18-12)3-7(8)1-2-10(9)13(15)16/h1-5,15-16H,6H2. The Kier molecular flexibility index (Phi) is 2.46. The number of hydrogen-bond donors (Lipinski definition) is 2. The Balaban J connectivity index is 2.33. The zero-order valence-corrected chi connectivity index (χ0v) is 9.29. The Morgan fingerprint density at radius 3 is 2.56 bits per heavy atom. The van der Waals surface area contributed by atoms with Crippen LogP contribution in [0, 0.1) is 0 Å². The van der Waals surface area contributed by atoms with Crippen LogP contribution in [0.5, 0.6) is 11.5 Å². The Labute approximate surface area is 103 Å². The van der Waals surface area contributed by atoms with E-state index in [-0.39, 0.29) is 17.8 Å². The highest BCUT2D eigenvalue weighted by atomic mass is 16.7. The Morgan fingerprint density at radius 1 is 1.17 bits per heavy atom. The van der Waals surface area contributed by atoms with Crippen LogP contribution in [0.3, 0.4) is 0 Å². The molecule has 0 saturated heterocycles. The quantitative estimate of drug-likeness (QED) is 0.577. The number of hydrogen-bond acceptors (Lipinski definition) is 5. The minimum absolute atomic E-state index is 0.150. The van der Waals surface area contributed by atoms with Crippen LogP contribution < -0.4 is 14.9 Å². The van der Waals surface area contributed by atoms with Crippen molar-refractivity contribution in [1.29, 1.82) is 0 Å². The van der Waals surface area contributed by atoms with Gasteiger partial charge in [-0.15, -0.1) is 0 Å². The van der Waals surface area contributed by atoms with Crippen LogP contribution in [0.2, 0.25) is 0 Å². The van der Waals surface area contributed by atoms with Gasteiger partial charge in [-0.25, -0.2) is 0 Å². The van der Waals surface area contributed by atoms with Crippen molar-refractivity contribution in [2.75, 3.05) is 6.79 Å². The van der Waals surface area contributed by atoms with Gasteiger partial charge < -0.3 is 19.5 Å². The van der Waals surface area contributed by atoms with E-state index in [0.717, 1.165) is 5.39 Å². The predicted molar refractivity (Wildman–Crippen MR) is 65.3 cm³/mol. The van der Waals surface area contributed by atoms with E-state index in [4.69, 9.17) is 9.47 Å². The third kappa shape index (κ3) is 1.54. The van der Waals surface area contributed by atoms with Crippen LogP contribution in [0.15, 0.2) is 24.3 Å². The van der Waals surface area contributed by atoms with Gasteiger partial charge in [-0.3, -0.25) is 4.79 Å². The first-order valence-electron chi connectivity index (χ1n) is 5.38. The minimum atomic E-state index is -1.68. The summed E-state index contributed by atoms with van der Waals surface area (Å²) >= 11 is 0. The van der Waals surface area contributed by atoms with E-state index >= 15 is 0 Å². The van der Waals surface area contributed by atoms with Crippen molar-refractivity contribution in [3.05, 3.63) is 29.8 Å². The molecule has 0 atom stereocenters. The SMILES string of the molecule is O=Cc1c(B(O)O)ccc2cc3c(cc12)OCO3. The lowest BCUT2D eigenvalue weighted by atomic mass is 9.76. The summed E-state index contributed by atoms with van der Waals surface area (Å²) in [7, 11) is -1.68. The summed E-state index contributed by atoms with van der Waals surface area (Å²) in [6.45, 7) is 0.150. The zero-order chi connectivity index (χ0) is 12.7. The maximum absolute atomic E-state index is 11.2. The van der Waals surface area contributed by atoms with Gasteiger partial charge >= 0.3 is 7.12 Å². The third-order valence-corrected chi connectivity index (χ3v) is 2.98. The lowest BCUT2D eigenvalue weighted by Gasteiger charge is -2.08. The summed E-state index contributed by atoms with van der Waals surface area (Å²) in [5, 5.41) is 19.9. The van der Waals surface area contributed by atoms with Gasteiger partial charge in [0.25, 0.3) is 0 Å². The molecule has 1 aliphatic heterocycles. The van der Waals surface area contributed by atoms with E-state index in [0.29, 0.717) is 23.2 Å². The molecular weight excluding hydrogens is 235 g/mol. The van der Waals surface area contributed by atoms with E-state index in [1.165, 1.54) is 6.07 Å². The first-order valence-corrected chi connectivity index (χ1v) is 5.38. The lowest BCUT2D eigenvalue weighted by molar-refractivity contribution is 0.112. The molecule has 0 bridgehead atoms. The first-order chi connectivity index (χ1) is 8.70. The minimum Gasteiger partial charge on any atom is -0.454 e. The highest BCUT2D eigenvalue weighted by Gasteiger charge is 2.21. The first kappa shape index (κ1) is 11.1. The molecule has 2 N–H and O–H groups in total. The van der Waals surface area contributed by atoms with Gasteiger partial charge in [-0.1, -0.05) is 12.1 Å². The summed E-state index contributed by atoms with van der Waals surface area (Å²) in [5.74, 6) is 1.17. The van der Waals surface area contributed by atoms with Crippen molar-refractivity contribution in [2.45, 2.75) is 0 Å². The van der Waals surface area contributed by atoms with Crippen LogP contribution in [-0.4, -0.2) is 30.2 Å². The Bertz CT molecular complexity index is 638. The van der Waals surface area contributed by atoms with E-state index in [1.807, 2.05) is 0 Å². The monoisotopic (exact) mass is 244 g/mol. The van der Waals surface area contributed by atoms with Crippen molar-refractivity contribution < 1.29 is 24.3 Å². The number of fused-ring (bicyclic) bond motifs is 2. The number of ether oxygens (including phenoxy) is 2. The fourth-order valence-corrected chi connectivity index (χ4v) is 2.11. The number of aldehydes is 1. The molecular formula is C12H9BO5. The van der Waals surface area contributed by atoms with Gasteiger partial charge in [0.15, 0.2) is 11.5 Å². The molecule has 2 aromatic carbocycles. The molecule has 1 aliphatic rings. The van der Waals surface area contributed by atoms with Gasteiger partial charge in [0.1, 0.15) is 6.29 Å². The Hall–Kier alpha value is -2.05. The molecule has 18 heavy (non-hydrogen) atoms. The van der Waals surface area contributed by atoms with Crippen LogP contribution in [0.4, 0.5) is 0 Å². The molecule has 3 rings (SSSR count). The van der Waals surface area contributed by atoms with Gasteiger partial charge in [0.05, 0.1) is 0 Å². The maximum Gasteiger partial charge on any atom is 0.489 e. The second-order valence-corrected chi connectivity index (χ2v) is 3.99.